The summed E-state index contributed by atoms with van der Waals surface area (Å²) in [6, 6.07) is -0.886. The number of nitrogens with zero attached hydrogens (tertiary/aromatic N) is 3. The number of carboxylic acid groups (broad SMARTS) is 1. The zero-order valence-corrected chi connectivity index (χ0v) is 17.8. The summed E-state index contributed by atoms with van der Waals surface area (Å²) in [5.74, 6) is -1.93. The van der Waals surface area contributed by atoms with Crippen molar-refractivity contribution in [3.63, 3.8) is 0 Å². The number of anilines is 1. The number of hydrogen-bond donors (Lipinski definition) is 3. The number of hydrogen-bond acceptors (Lipinski definition) is 9. The van der Waals surface area contributed by atoms with Gasteiger partial charge in [0.25, 0.3) is 11.8 Å². The number of aliphatic carboxylic acids is 1. The first-order valence-electron chi connectivity index (χ1n) is 9.58. The van der Waals surface area contributed by atoms with Gasteiger partial charge in [0.1, 0.15) is 28.9 Å². The third-order valence-corrected chi connectivity index (χ3v) is 7.05. The Balaban J connectivity index is 1.51. The van der Waals surface area contributed by atoms with Crippen LogP contribution in [-0.4, -0.2) is 68.2 Å². The predicted octanol–water partition coefficient (Wildman–Crippen LogP) is 0.743. The number of thioether (sulfide) groups is 1. The SMILES string of the molecule is O=CNc1nc(C(=NOC2CCCC2)C(=O)NC2C(=O)N3C(C(=O)O)=CCS[C@H]23)cs1. The second-order valence-corrected chi connectivity index (χ2v) is 9.04. The van der Waals surface area contributed by atoms with Crippen LogP contribution in [0.1, 0.15) is 31.4 Å². The molecule has 31 heavy (non-hydrogen) atoms. The maximum absolute atomic E-state index is 13.0. The molecule has 1 aromatic heterocycles. The van der Waals surface area contributed by atoms with Gasteiger partial charge in [0.2, 0.25) is 6.41 Å². The van der Waals surface area contributed by atoms with Crippen LogP contribution >= 0.6 is 23.1 Å². The zero-order chi connectivity index (χ0) is 22.0. The van der Waals surface area contributed by atoms with Gasteiger partial charge in [-0.05, 0) is 31.8 Å². The molecule has 3 N–H and O–H groups in total. The molecule has 164 valence electrons. The predicted molar refractivity (Wildman–Crippen MR) is 112 cm³/mol. The van der Waals surface area contributed by atoms with Gasteiger partial charge in [0, 0.05) is 11.1 Å². The van der Waals surface area contributed by atoms with Gasteiger partial charge in [-0.25, -0.2) is 9.78 Å². The van der Waals surface area contributed by atoms with Crippen molar-refractivity contribution in [2.75, 3.05) is 11.1 Å². The smallest absolute Gasteiger partial charge is 0.352 e. The second kappa shape index (κ2) is 9.06. The molecule has 1 saturated heterocycles. The summed E-state index contributed by atoms with van der Waals surface area (Å²) in [6.07, 6.45) is 5.58. The Labute approximate surface area is 184 Å². The molecule has 2 atom stereocenters. The number of carbonyl (C=O) groups excluding carboxylic acids is 3. The van der Waals surface area contributed by atoms with E-state index >= 15 is 0 Å². The van der Waals surface area contributed by atoms with Gasteiger partial charge < -0.3 is 20.6 Å². The number of thiazole rings is 1. The van der Waals surface area contributed by atoms with E-state index in [-0.39, 0.29) is 28.3 Å². The molecule has 1 saturated carbocycles. The fourth-order valence-electron chi connectivity index (χ4n) is 3.57. The van der Waals surface area contributed by atoms with Crippen LogP contribution in [0, 0.1) is 0 Å². The van der Waals surface area contributed by atoms with Crippen molar-refractivity contribution in [2.24, 2.45) is 5.16 Å². The number of rotatable bonds is 8. The normalized spacial score (nSPS) is 23.5. The lowest BCUT2D eigenvalue weighted by molar-refractivity contribution is -0.150. The lowest BCUT2D eigenvalue weighted by Gasteiger charge is -2.48. The molecule has 0 bridgehead atoms. The van der Waals surface area contributed by atoms with Crippen LogP contribution in [0.25, 0.3) is 0 Å². The van der Waals surface area contributed by atoms with Crippen molar-refractivity contribution >= 4 is 58.1 Å². The molecule has 0 aromatic carbocycles. The fraction of sp³-hybridized carbons (Fsp3) is 0.444. The van der Waals surface area contributed by atoms with Gasteiger partial charge in [0.05, 0.1) is 0 Å². The third-order valence-electron chi connectivity index (χ3n) is 5.09. The quantitative estimate of drug-likeness (QED) is 0.220. The van der Waals surface area contributed by atoms with E-state index in [2.05, 4.69) is 20.8 Å². The average Bonchev–Trinajstić information content (AvgIpc) is 3.44. The van der Waals surface area contributed by atoms with Gasteiger partial charge in [-0.2, -0.15) is 0 Å². The van der Waals surface area contributed by atoms with Crippen molar-refractivity contribution in [3.05, 3.63) is 22.8 Å². The van der Waals surface area contributed by atoms with Crippen molar-refractivity contribution in [3.8, 4) is 0 Å². The monoisotopic (exact) mass is 465 g/mol. The van der Waals surface area contributed by atoms with Crippen LogP contribution in [0.4, 0.5) is 5.13 Å². The average molecular weight is 466 g/mol. The summed E-state index contributed by atoms with van der Waals surface area (Å²) in [5, 5.41) is 19.7. The van der Waals surface area contributed by atoms with E-state index in [0.29, 0.717) is 12.2 Å². The van der Waals surface area contributed by atoms with Crippen LogP contribution < -0.4 is 10.6 Å². The molecule has 3 amide bonds. The van der Waals surface area contributed by atoms with E-state index in [4.69, 9.17) is 4.84 Å². The van der Waals surface area contributed by atoms with Crippen LogP contribution in [0.2, 0.25) is 0 Å². The zero-order valence-electron chi connectivity index (χ0n) is 16.1. The molecule has 3 aliphatic rings. The molecule has 2 aliphatic heterocycles. The lowest BCUT2D eigenvalue weighted by atomic mass is 10.0. The maximum atomic E-state index is 13.0. The first-order chi connectivity index (χ1) is 15.0. The van der Waals surface area contributed by atoms with E-state index < -0.39 is 29.2 Å². The highest BCUT2D eigenvalue weighted by Crippen LogP contribution is 2.37. The van der Waals surface area contributed by atoms with E-state index in [0.717, 1.165) is 37.0 Å². The number of carboxylic acids is 1. The topological polar surface area (TPSA) is 150 Å². The van der Waals surface area contributed by atoms with Gasteiger partial charge in [-0.1, -0.05) is 5.16 Å². The first kappa shape index (κ1) is 21.3. The molecule has 4 rings (SSSR count). The Morgan fingerprint density at radius 3 is 2.84 bits per heavy atom. The first-order valence-corrected chi connectivity index (χ1v) is 11.5. The molecular weight excluding hydrogens is 446 g/mol. The van der Waals surface area contributed by atoms with Crippen LogP contribution in [0.15, 0.2) is 22.3 Å². The molecule has 1 unspecified atom stereocenters. The van der Waals surface area contributed by atoms with Crippen LogP contribution in [0.5, 0.6) is 0 Å². The van der Waals surface area contributed by atoms with Gasteiger partial charge in [-0.15, -0.1) is 23.1 Å². The van der Waals surface area contributed by atoms with Gasteiger partial charge in [0.15, 0.2) is 10.8 Å². The Morgan fingerprint density at radius 1 is 1.35 bits per heavy atom. The van der Waals surface area contributed by atoms with Crippen molar-refractivity contribution < 1.29 is 29.1 Å². The second-order valence-electron chi connectivity index (χ2n) is 7.03. The summed E-state index contributed by atoms with van der Waals surface area (Å²) >= 11 is 2.47. The molecule has 1 aromatic rings. The van der Waals surface area contributed by atoms with Gasteiger partial charge in [-0.3, -0.25) is 19.3 Å². The number of carbonyl (C=O) groups is 4. The number of amides is 3. The summed E-state index contributed by atoms with van der Waals surface area (Å²) in [4.78, 5) is 58.4. The molecular formula is C18H19N5O6S2. The molecule has 1 aliphatic carbocycles. The van der Waals surface area contributed by atoms with Crippen LogP contribution in [0.3, 0.4) is 0 Å². The molecule has 11 nitrogen and oxygen atoms in total. The van der Waals surface area contributed by atoms with E-state index in [9.17, 15) is 24.3 Å². The summed E-state index contributed by atoms with van der Waals surface area (Å²) in [6.45, 7) is 0. The third kappa shape index (κ3) is 4.28. The number of oxime groups is 1. The minimum atomic E-state index is -1.19. The Morgan fingerprint density at radius 2 is 2.13 bits per heavy atom. The summed E-state index contributed by atoms with van der Waals surface area (Å²) in [7, 11) is 0. The minimum absolute atomic E-state index is 0.0817. The number of fused-ring (bicyclic) bond motifs is 1. The minimum Gasteiger partial charge on any atom is -0.477 e. The molecule has 0 radical (unpaired) electrons. The van der Waals surface area contributed by atoms with Gasteiger partial charge >= 0.3 is 5.97 Å². The number of nitrogens with one attached hydrogen (secondary N) is 2. The van der Waals surface area contributed by atoms with Crippen molar-refractivity contribution in [1.82, 2.24) is 15.2 Å². The van der Waals surface area contributed by atoms with Crippen molar-refractivity contribution in [2.45, 2.75) is 43.2 Å². The summed E-state index contributed by atoms with van der Waals surface area (Å²) in [5.41, 5.74) is 0.0147. The van der Waals surface area contributed by atoms with E-state index in [1.54, 1.807) is 5.38 Å². The Hall–Kier alpha value is -2.93. The highest BCUT2D eigenvalue weighted by Gasteiger charge is 2.53. The number of β-lactam (4-membered cyclic amide) rings is 1. The standard InChI is InChI=1S/C18H19N5O6S2/c24-8-19-18-20-10(7-31-18)12(22-29-9-3-1-2-4-9)14(25)21-13-15(26)23-11(17(27)28)5-6-30-16(13)23/h5,7-9,13,16H,1-4,6H2,(H,21,25)(H,27,28)(H,19,20,24)/t13?,16-/m1/s1. The van der Waals surface area contributed by atoms with Crippen molar-refractivity contribution in [1.29, 1.82) is 0 Å². The summed E-state index contributed by atoms with van der Waals surface area (Å²) < 4.78 is 0. The van der Waals surface area contributed by atoms with Crippen LogP contribution in [-0.2, 0) is 24.0 Å². The molecule has 2 fully saturated rings. The lowest BCUT2D eigenvalue weighted by Crippen LogP contribution is -2.70. The largest absolute Gasteiger partial charge is 0.477 e. The Bertz CT molecular complexity index is 970. The highest BCUT2D eigenvalue weighted by atomic mass is 32.2. The fourth-order valence-corrected chi connectivity index (χ4v) is 5.42. The highest BCUT2D eigenvalue weighted by molar-refractivity contribution is 8.00. The van der Waals surface area contributed by atoms with E-state index in [1.165, 1.54) is 22.7 Å². The molecule has 0 spiro atoms. The van der Waals surface area contributed by atoms with E-state index in [1.807, 2.05) is 0 Å². The Kier molecular flexibility index (Phi) is 6.23. The maximum Gasteiger partial charge on any atom is 0.352 e. The number of aromatic nitrogens is 1. The molecule has 3 heterocycles. The molecule has 13 heteroatoms.